The minimum Gasteiger partial charge on any atom is -0.270 e. The normalized spacial score (nSPS) is 18.2. The van der Waals surface area contributed by atoms with Crippen LogP contribution in [-0.4, -0.2) is 52.4 Å². The van der Waals surface area contributed by atoms with Crippen molar-refractivity contribution in [1.29, 1.82) is 0 Å². The molecule has 0 aliphatic heterocycles. The number of alkyl halides is 6. The van der Waals surface area contributed by atoms with Gasteiger partial charge in [-0.05, 0) is 27.2 Å². The maximum Gasteiger partial charge on any atom is 0.407 e. The lowest BCUT2D eigenvalue weighted by Gasteiger charge is -2.20. The third-order valence-electron chi connectivity index (χ3n) is 2.86. The van der Waals surface area contributed by atoms with Gasteiger partial charge in [0, 0.05) is 0 Å². The highest BCUT2D eigenvalue weighted by atomic mass is 32.2. The summed E-state index contributed by atoms with van der Waals surface area (Å²) in [6.45, 7) is 0.822. The molecular formula is C10H16F6O6S2. The fourth-order valence-electron chi connectivity index (χ4n) is 1.12. The summed E-state index contributed by atoms with van der Waals surface area (Å²) in [5.74, 6) is 0. The molecule has 0 rings (SSSR count). The van der Waals surface area contributed by atoms with E-state index in [1.807, 2.05) is 0 Å². The van der Waals surface area contributed by atoms with Crippen LogP contribution in [0.2, 0.25) is 0 Å². The van der Waals surface area contributed by atoms with E-state index in [9.17, 15) is 43.2 Å². The van der Waals surface area contributed by atoms with Crippen LogP contribution in [0.3, 0.4) is 0 Å². The number of hydrogen-bond donors (Lipinski definition) is 0. The van der Waals surface area contributed by atoms with Gasteiger partial charge < -0.3 is 0 Å². The first-order valence-electron chi connectivity index (χ1n) is 6.35. The Labute approximate surface area is 135 Å². The van der Waals surface area contributed by atoms with E-state index in [0.29, 0.717) is 13.8 Å². The van der Waals surface area contributed by atoms with Crippen LogP contribution in [0.25, 0.3) is 0 Å². The van der Waals surface area contributed by atoms with Gasteiger partial charge in [-0.1, -0.05) is 0 Å². The molecule has 0 radical (unpaired) electrons. The van der Waals surface area contributed by atoms with Crippen LogP contribution < -0.4 is 0 Å². The van der Waals surface area contributed by atoms with Crippen molar-refractivity contribution < 1.29 is 51.5 Å². The van der Waals surface area contributed by atoms with Gasteiger partial charge in [0.1, 0.15) is 0 Å². The van der Waals surface area contributed by atoms with E-state index < -0.39 is 62.2 Å². The zero-order valence-electron chi connectivity index (χ0n) is 12.7. The maximum atomic E-state index is 12.3. The predicted molar refractivity (Wildman–Crippen MR) is 70.0 cm³/mol. The highest BCUT2D eigenvalue weighted by Crippen LogP contribution is 2.28. The van der Waals surface area contributed by atoms with Crippen molar-refractivity contribution in [2.75, 3.05) is 6.61 Å². The van der Waals surface area contributed by atoms with Crippen LogP contribution in [0.1, 0.15) is 27.2 Å². The van der Waals surface area contributed by atoms with E-state index in [4.69, 9.17) is 0 Å². The average Bonchev–Trinajstić information content (AvgIpc) is 2.33. The molecule has 14 heteroatoms. The van der Waals surface area contributed by atoms with Gasteiger partial charge in [0.25, 0.3) is 20.2 Å². The SMILES string of the molecule is CC(CCOS(=O)(=O)C(C)C(F)(F)F)OS(=O)(=O)C(C)C(F)(F)F. The molecule has 0 fully saturated rings. The molecule has 3 atom stereocenters. The number of rotatable bonds is 8. The van der Waals surface area contributed by atoms with E-state index in [2.05, 4.69) is 8.37 Å². The molecule has 0 saturated carbocycles. The first-order valence-corrected chi connectivity index (χ1v) is 9.29. The van der Waals surface area contributed by atoms with Crippen LogP contribution in [0.4, 0.5) is 26.3 Å². The quantitative estimate of drug-likeness (QED) is 0.451. The van der Waals surface area contributed by atoms with Crippen LogP contribution in [0, 0.1) is 0 Å². The summed E-state index contributed by atoms with van der Waals surface area (Å²) in [6, 6.07) is 0. The fourth-order valence-corrected chi connectivity index (χ4v) is 3.03. The molecule has 146 valence electrons. The van der Waals surface area contributed by atoms with E-state index in [0.717, 1.165) is 6.92 Å². The Morgan fingerprint density at radius 1 is 0.792 bits per heavy atom. The Bertz CT molecular complexity index is 609. The fraction of sp³-hybridized carbons (Fsp3) is 1.00. The van der Waals surface area contributed by atoms with Crippen LogP contribution >= 0.6 is 0 Å². The number of halogens is 6. The zero-order chi connectivity index (χ0) is 19.6. The summed E-state index contributed by atoms with van der Waals surface area (Å²) in [5, 5.41) is -5.63. The molecule has 0 spiro atoms. The molecule has 0 amide bonds. The molecule has 0 saturated heterocycles. The number of hydrogen-bond acceptors (Lipinski definition) is 6. The van der Waals surface area contributed by atoms with Gasteiger partial charge in [0.05, 0.1) is 12.7 Å². The van der Waals surface area contributed by atoms with Crippen molar-refractivity contribution in [3.63, 3.8) is 0 Å². The van der Waals surface area contributed by atoms with E-state index >= 15 is 0 Å². The summed E-state index contributed by atoms with van der Waals surface area (Å²) in [7, 11) is -10.0. The smallest absolute Gasteiger partial charge is 0.270 e. The van der Waals surface area contributed by atoms with Crippen molar-refractivity contribution >= 4 is 20.2 Å². The highest BCUT2D eigenvalue weighted by Gasteiger charge is 2.47. The summed E-state index contributed by atoms with van der Waals surface area (Å²) >= 11 is 0. The Morgan fingerprint density at radius 3 is 1.54 bits per heavy atom. The Kier molecular flexibility index (Phi) is 7.55. The first kappa shape index (κ1) is 23.4. The van der Waals surface area contributed by atoms with E-state index in [1.165, 1.54) is 0 Å². The molecule has 0 heterocycles. The minimum atomic E-state index is -5.07. The van der Waals surface area contributed by atoms with Gasteiger partial charge in [-0.3, -0.25) is 8.37 Å². The summed E-state index contributed by atoms with van der Waals surface area (Å²) in [4.78, 5) is 0. The third-order valence-corrected chi connectivity index (χ3v) is 6.22. The topological polar surface area (TPSA) is 86.7 Å². The Hall–Kier alpha value is -0.600. The standard InChI is InChI=1S/C10H16F6O6S2/c1-6(22-24(19,20)8(3)10(14,15)16)4-5-21-23(17,18)7(2)9(11,12)13/h6-8H,4-5H2,1-3H3. The third kappa shape index (κ3) is 7.11. The molecule has 0 N–H and O–H groups in total. The van der Waals surface area contributed by atoms with Gasteiger partial charge in [-0.2, -0.15) is 43.2 Å². The van der Waals surface area contributed by atoms with Gasteiger partial charge in [0.2, 0.25) is 0 Å². The van der Waals surface area contributed by atoms with E-state index in [1.54, 1.807) is 0 Å². The lowest BCUT2D eigenvalue weighted by molar-refractivity contribution is -0.129. The molecule has 3 unspecified atom stereocenters. The minimum absolute atomic E-state index is 0.352. The molecular weight excluding hydrogens is 394 g/mol. The van der Waals surface area contributed by atoms with Gasteiger partial charge in [0.15, 0.2) is 10.5 Å². The van der Waals surface area contributed by atoms with Crippen LogP contribution in [0.5, 0.6) is 0 Å². The van der Waals surface area contributed by atoms with Crippen molar-refractivity contribution in [3.8, 4) is 0 Å². The van der Waals surface area contributed by atoms with Crippen molar-refractivity contribution in [2.24, 2.45) is 0 Å². The molecule has 0 aromatic carbocycles. The molecule has 0 aliphatic carbocycles. The monoisotopic (exact) mass is 410 g/mol. The van der Waals surface area contributed by atoms with Crippen molar-refractivity contribution in [1.82, 2.24) is 0 Å². The van der Waals surface area contributed by atoms with Gasteiger partial charge in [-0.15, -0.1) is 0 Å². The summed E-state index contributed by atoms with van der Waals surface area (Å²) in [5.41, 5.74) is 0. The molecule has 0 aliphatic rings. The molecule has 6 nitrogen and oxygen atoms in total. The first-order chi connectivity index (χ1) is 10.4. The largest absolute Gasteiger partial charge is 0.407 e. The second-order valence-electron chi connectivity index (χ2n) is 4.87. The molecule has 24 heavy (non-hydrogen) atoms. The zero-order valence-corrected chi connectivity index (χ0v) is 14.3. The molecule has 0 aromatic heterocycles. The second kappa shape index (κ2) is 7.74. The lowest BCUT2D eigenvalue weighted by Crippen LogP contribution is -2.37. The Morgan fingerprint density at radius 2 is 1.17 bits per heavy atom. The van der Waals surface area contributed by atoms with Gasteiger partial charge in [-0.25, -0.2) is 0 Å². The van der Waals surface area contributed by atoms with Crippen molar-refractivity contribution in [2.45, 2.75) is 56.1 Å². The van der Waals surface area contributed by atoms with Crippen LogP contribution in [-0.2, 0) is 28.6 Å². The second-order valence-corrected chi connectivity index (χ2v) is 8.68. The average molecular weight is 410 g/mol. The summed E-state index contributed by atoms with van der Waals surface area (Å²) in [6.07, 6.45) is -12.1. The van der Waals surface area contributed by atoms with Gasteiger partial charge >= 0.3 is 12.4 Å². The summed E-state index contributed by atoms with van der Waals surface area (Å²) < 4.78 is 127. The molecule has 0 aromatic rings. The maximum absolute atomic E-state index is 12.3. The Balaban J connectivity index is 4.65. The predicted octanol–water partition coefficient (Wildman–Crippen LogP) is 2.36. The molecule has 0 bridgehead atoms. The van der Waals surface area contributed by atoms with Crippen molar-refractivity contribution in [3.05, 3.63) is 0 Å². The van der Waals surface area contributed by atoms with E-state index in [-0.39, 0.29) is 0 Å². The highest BCUT2D eigenvalue weighted by molar-refractivity contribution is 7.87. The lowest BCUT2D eigenvalue weighted by atomic mass is 10.3. The van der Waals surface area contributed by atoms with Crippen LogP contribution in [0.15, 0.2) is 0 Å².